The van der Waals surface area contributed by atoms with E-state index in [1.54, 1.807) is 0 Å². The van der Waals surface area contributed by atoms with Gasteiger partial charge in [0.2, 0.25) is 0 Å². The molecule has 0 aliphatic heterocycles. The monoisotopic (exact) mass is 270 g/mol. The molecule has 5 nitrogen and oxygen atoms in total. The Bertz CT molecular complexity index is 220. The number of urea groups is 1. The van der Waals surface area contributed by atoms with Gasteiger partial charge in [0.15, 0.2) is 0 Å². The van der Waals surface area contributed by atoms with Crippen LogP contribution in [0.5, 0.6) is 0 Å². The van der Waals surface area contributed by atoms with Gasteiger partial charge in [-0.05, 0) is 18.3 Å². The lowest BCUT2D eigenvalue weighted by molar-refractivity contribution is 0.235. The van der Waals surface area contributed by atoms with Gasteiger partial charge in [-0.15, -0.1) is 23.2 Å². The maximum absolute atomic E-state index is 10.7. The van der Waals surface area contributed by atoms with E-state index in [-0.39, 0.29) is 10.8 Å². The van der Waals surface area contributed by atoms with Gasteiger partial charge in [-0.3, -0.25) is 10.9 Å². The van der Waals surface area contributed by atoms with Crippen molar-refractivity contribution in [1.29, 1.82) is 0 Å². The average Bonchev–Trinajstić information content (AvgIpc) is 2.10. The van der Waals surface area contributed by atoms with Crippen molar-refractivity contribution in [2.24, 2.45) is 11.3 Å². The zero-order valence-electron chi connectivity index (χ0n) is 9.81. The third-order valence-electron chi connectivity index (χ3n) is 1.77. The van der Waals surface area contributed by atoms with Crippen LogP contribution in [0.3, 0.4) is 0 Å². The summed E-state index contributed by atoms with van der Waals surface area (Å²) in [6.45, 7) is 6.33. The highest BCUT2D eigenvalue weighted by Gasteiger charge is 2.19. The normalized spacial score (nSPS) is 15.4. The Labute approximate surface area is 106 Å². The fourth-order valence-corrected chi connectivity index (χ4v) is 2.21. The number of rotatable bonds is 5. The van der Waals surface area contributed by atoms with Gasteiger partial charge >= 0.3 is 6.03 Å². The second-order valence-electron chi connectivity index (χ2n) is 4.81. The van der Waals surface area contributed by atoms with Crippen molar-refractivity contribution in [1.82, 2.24) is 16.3 Å². The SMILES string of the molecule is CC(C)(C)CC(Cl)CC(Cl)NNC(=O)NN. The molecule has 2 amide bonds. The number of halogens is 2. The van der Waals surface area contributed by atoms with E-state index in [9.17, 15) is 4.79 Å². The summed E-state index contributed by atoms with van der Waals surface area (Å²) in [5.74, 6) is 4.87. The van der Waals surface area contributed by atoms with Gasteiger partial charge in [0.25, 0.3) is 0 Å². The van der Waals surface area contributed by atoms with E-state index in [4.69, 9.17) is 29.0 Å². The summed E-state index contributed by atoms with van der Waals surface area (Å²) in [5.41, 5.74) is 6.51. The molecule has 5 N–H and O–H groups in total. The molecule has 0 aromatic rings. The second-order valence-corrected chi connectivity index (χ2v) is 5.95. The zero-order valence-corrected chi connectivity index (χ0v) is 11.3. The van der Waals surface area contributed by atoms with Crippen LogP contribution >= 0.6 is 23.2 Å². The van der Waals surface area contributed by atoms with Crippen molar-refractivity contribution < 1.29 is 4.79 Å². The van der Waals surface area contributed by atoms with Crippen LogP contribution in [0.15, 0.2) is 0 Å². The van der Waals surface area contributed by atoms with E-state index < -0.39 is 11.5 Å². The standard InChI is InChI=1S/C9H20Cl2N4O/c1-9(2,3)5-6(10)4-7(11)14-15-8(16)13-12/h6-7,14H,4-5,12H2,1-3H3,(H2,13,15,16). The van der Waals surface area contributed by atoms with Crippen molar-refractivity contribution in [2.45, 2.75) is 44.5 Å². The molecule has 0 saturated carbocycles. The van der Waals surface area contributed by atoms with Crippen LogP contribution in [0.4, 0.5) is 4.79 Å². The summed E-state index contributed by atoms with van der Waals surface area (Å²) in [7, 11) is 0. The first-order chi connectivity index (χ1) is 7.24. The van der Waals surface area contributed by atoms with E-state index in [1.807, 2.05) is 5.43 Å². The van der Waals surface area contributed by atoms with Crippen molar-refractivity contribution in [3.8, 4) is 0 Å². The summed E-state index contributed by atoms with van der Waals surface area (Å²) in [6, 6.07) is -0.549. The van der Waals surface area contributed by atoms with E-state index >= 15 is 0 Å². The highest BCUT2D eigenvalue weighted by molar-refractivity contribution is 6.23. The van der Waals surface area contributed by atoms with E-state index in [2.05, 4.69) is 31.6 Å². The Morgan fingerprint density at radius 3 is 2.38 bits per heavy atom. The van der Waals surface area contributed by atoms with Crippen LogP contribution in [0, 0.1) is 5.41 Å². The first-order valence-corrected chi connectivity index (χ1v) is 5.92. The molecule has 96 valence electrons. The molecule has 16 heavy (non-hydrogen) atoms. The number of amides is 2. The van der Waals surface area contributed by atoms with Crippen molar-refractivity contribution in [3.05, 3.63) is 0 Å². The first-order valence-electron chi connectivity index (χ1n) is 5.05. The minimum Gasteiger partial charge on any atom is -0.275 e. The third kappa shape index (κ3) is 9.03. The van der Waals surface area contributed by atoms with Gasteiger partial charge in [0.05, 0.1) is 0 Å². The molecule has 0 aliphatic rings. The van der Waals surface area contributed by atoms with Gasteiger partial charge in [-0.2, -0.15) is 0 Å². The summed E-state index contributed by atoms with van der Waals surface area (Å²) in [4.78, 5) is 10.7. The number of hydrogen-bond acceptors (Lipinski definition) is 3. The Morgan fingerprint density at radius 2 is 1.94 bits per heavy atom. The van der Waals surface area contributed by atoms with Crippen LogP contribution < -0.4 is 22.1 Å². The fraction of sp³-hybridized carbons (Fsp3) is 0.889. The van der Waals surface area contributed by atoms with Crippen LogP contribution in [0.1, 0.15) is 33.6 Å². The minimum atomic E-state index is -0.549. The number of hydrogen-bond donors (Lipinski definition) is 4. The molecule has 0 aromatic heterocycles. The van der Waals surface area contributed by atoms with Crippen LogP contribution in [-0.2, 0) is 0 Å². The van der Waals surface area contributed by atoms with Gasteiger partial charge in [-0.25, -0.2) is 16.1 Å². The van der Waals surface area contributed by atoms with Gasteiger partial charge in [0.1, 0.15) is 5.50 Å². The van der Waals surface area contributed by atoms with Crippen LogP contribution in [0.2, 0.25) is 0 Å². The molecule has 0 aromatic carbocycles. The molecule has 2 atom stereocenters. The molecule has 0 rings (SSSR count). The third-order valence-corrected chi connectivity index (χ3v) is 2.39. The summed E-state index contributed by atoms with van der Waals surface area (Å²) in [6.07, 6.45) is 1.40. The molecule has 2 unspecified atom stereocenters. The number of nitrogens with one attached hydrogen (secondary N) is 3. The number of nitrogens with two attached hydrogens (primary N) is 1. The van der Waals surface area contributed by atoms with Gasteiger partial charge in [-0.1, -0.05) is 20.8 Å². The molecule has 0 fully saturated rings. The van der Waals surface area contributed by atoms with Crippen molar-refractivity contribution >= 4 is 29.2 Å². The van der Waals surface area contributed by atoms with Gasteiger partial charge < -0.3 is 0 Å². The average molecular weight is 271 g/mol. The lowest BCUT2D eigenvalue weighted by Gasteiger charge is -2.23. The molecule has 0 radical (unpaired) electrons. The number of hydrazine groups is 2. The van der Waals surface area contributed by atoms with E-state index in [0.29, 0.717) is 6.42 Å². The highest BCUT2D eigenvalue weighted by Crippen LogP contribution is 2.26. The lowest BCUT2D eigenvalue weighted by atomic mass is 9.89. The summed E-state index contributed by atoms with van der Waals surface area (Å²) < 4.78 is 0. The van der Waals surface area contributed by atoms with E-state index in [1.165, 1.54) is 0 Å². The maximum atomic E-state index is 10.7. The van der Waals surface area contributed by atoms with Crippen molar-refractivity contribution in [2.75, 3.05) is 0 Å². The molecular formula is C9H20Cl2N4O. The number of alkyl halides is 2. The molecule has 0 bridgehead atoms. The quantitative estimate of drug-likeness (QED) is 0.202. The fourth-order valence-electron chi connectivity index (χ4n) is 1.21. The molecular weight excluding hydrogens is 251 g/mol. The van der Waals surface area contributed by atoms with Gasteiger partial charge in [0, 0.05) is 5.38 Å². The largest absolute Gasteiger partial charge is 0.343 e. The summed E-state index contributed by atoms with van der Waals surface area (Å²) >= 11 is 12.1. The zero-order chi connectivity index (χ0) is 12.8. The predicted octanol–water partition coefficient (Wildman–Crippen LogP) is 1.66. The number of carbonyl (C=O) groups excluding carboxylic acids is 1. The smallest absolute Gasteiger partial charge is 0.275 e. The molecule has 0 spiro atoms. The van der Waals surface area contributed by atoms with Crippen molar-refractivity contribution in [3.63, 3.8) is 0 Å². The highest BCUT2D eigenvalue weighted by atomic mass is 35.5. The van der Waals surface area contributed by atoms with E-state index in [0.717, 1.165) is 6.42 Å². The first kappa shape index (κ1) is 15.8. The Morgan fingerprint density at radius 1 is 1.38 bits per heavy atom. The molecule has 0 saturated heterocycles. The maximum Gasteiger partial charge on any atom is 0.343 e. The topological polar surface area (TPSA) is 79.2 Å². The molecule has 0 aliphatic carbocycles. The van der Waals surface area contributed by atoms with Crippen LogP contribution in [-0.4, -0.2) is 16.9 Å². The Hall–Kier alpha value is -0.230. The van der Waals surface area contributed by atoms with Crippen LogP contribution in [0.25, 0.3) is 0 Å². The minimum absolute atomic E-state index is 0.0438. The Balaban J connectivity index is 3.78. The Kier molecular flexibility index (Phi) is 7.06. The predicted molar refractivity (Wildman–Crippen MR) is 67.0 cm³/mol. The number of carbonyl (C=O) groups is 1. The molecule has 7 heteroatoms. The lowest BCUT2D eigenvalue weighted by Crippen LogP contribution is -2.49. The summed E-state index contributed by atoms with van der Waals surface area (Å²) in [5, 5.41) is -0.0438. The molecule has 0 heterocycles. The second kappa shape index (κ2) is 7.17.